The number of nitriles is 1. The van der Waals surface area contributed by atoms with E-state index in [1.165, 1.54) is 18.2 Å². The highest BCUT2D eigenvalue weighted by Crippen LogP contribution is 2.30. The van der Waals surface area contributed by atoms with Gasteiger partial charge in [0.15, 0.2) is 6.61 Å². The fraction of sp³-hybridized carbons (Fsp3) is 0.179. The summed E-state index contributed by atoms with van der Waals surface area (Å²) < 4.78 is 5.91. The summed E-state index contributed by atoms with van der Waals surface area (Å²) in [6, 6.07) is 21.0. The van der Waals surface area contributed by atoms with Crippen LogP contribution in [0.4, 0.5) is 17.1 Å². The standard InChI is InChI=1S/C28H26N6O4/c1-3-33(4-2)22-13-12-19(14-20(17-29)28-31-24-10-5-6-11-25(24)32-28)26(16-22)38-18-27(35)30-21-8-7-9-23(15-21)34(36)37/h5-16H,3-4,18H2,1-2H3,(H,30,35)(H,31,32)/b20-14+. The molecule has 0 saturated heterocycles. The molecule has 192 valence electrons. The highest BCUT2D eigenvalue weighted by Gasteiger charge is 2.14. The van der Waals surface area contributed by atoms with E-state index >= 15 is 0 Å². The molecule has 1 aromatic heterocycles. The number of ether oxygens (including phenoxy) is 1. The summed E-state index contributed by atoms with van der Waals surface area (Å²) in [7, 11) is 0. The summed E-state index contributed by atoms with van der Waals surface area (Å²) in [4.78, 5) is 32.9. The van der Waals surface area contributed by atoms with Crippen LogP contribution < -0.4 is 15.0 Å². The first-order valence-corrected chi connectivity index (χ1v) is 12.0. The fourth-order valence-corrected chi connectivity index (χ4v) is 3.98. The van der Waals surface area contributed by atoms with E-state index in [-0.39, 0.29) is 12.3 Å². The number of rotatable bonds is 10. The number of aromatic amines is 1. The van der Waals surface area contributed by atoms with E-state index in [1.807, 2.05) is 56.3 Å². The van der Waals surface area contributed by atoms with Crippen LogP contribution in [0.5, 0.6) is 5.75 Å². The summed E-state index contributed by atoms with van der Waals surface area (Å²) in [5.41, 5.74) is 3.54. The Labute approximate surface area is 219 Å². The van der Waals surface area contributed by atoms with Crippen LogP contribution in [0, 0.1) is 21.4 Å². The second-order valence-electron chi connectivity index (χ2n) is 8.31. The SMILES string of the molecule is CCN(CC)c1ccc(/C=C(\C#N)c2nc3ccccc3[nH]2)c(OCC(=O)Nc2cccc([N+](=O)[O-])c2)c1. The van der Waals surface area contributed by atoms with Gasteiger partial charge < -0.3 is 19.9 Å². The number of amides is 1. The molecule has 4 aromatic rings. The van der Waals surface area contributed by atoms with Gasteiger partial charge >= 0.3 is 0 Å². The van der Waals surface area contributed by atoms with Crippen molar-refractivity contribution in [2.45, 2.75) is 13.8 Å². The van der Waals surface area contributed by atoms with Gasteiger partial charge in [-0.05, 0) is 50.3 Å². The zero-order chi connectivity index (χ0) is 27.1. The van der Waals surface area contributed by atoms with Crippen LogP contribution in [0.2, 0.25) is 0 Å². The molecule has 0 spiro atoms. The summed E-state index contributed by atoms with van der Waals surface area (Å²) >= 11 is 0. The van der Waals surface area contributed by atoms with Crippen LogP contribution in [-0.4, -0.2) is 40.5 Å². The Bertz CT molecular complexity index is 1520. The number of carbonyl (C=O) groups excluding carboxylic acids is 1. The molecule has 0 aliphatic heterocycles. The number of para-hydroxylation sites is 2. The lowest BCUT2D eigenvalue weighted by Gasteiger charge is -2.22. The number of anilines is 2. The molecule has 0 bridgehead atoms. The molecule has 10 heteroatoms. The molecule has 3 aromatic carbocycles. The first kappa shape index (κ1) is 25.9. The van der Waals surface area contributed by atoms with Crippen LogP contribution in [0.3, 0.4) is 0 Å². The first-order valence-electron chi connectivity index (χ1n) is 12.0. The van der Waals surface area contributed by atoms with Gasteiger partial charge in [-0.25, -0.2) is 4.98 Å². The van der Waals surface area contributed by atoms with E-state index < -0.39 is 10.8 Å². The molecule has 0 saturated carbocycles. The number of carbonyl (C=O) groups is 1. The van der Waals surface area contributed by atoms with Crippen molar-refractivity contribution in [2.24, 2.45) is 0 Å². The fourth-order valence-electron chi connectivity index (χ4n) is 3.98. The molecule has 1 heterocycles. The molecule has 0 radical (unpaired) electrons. The molecule has 1 amide bonds. The quantitative estimate of drug-likeness (QED) is 0.166. The van der Waals surface area contributed by atoms with Gasteiger partial charge in [0.2, 0.25) is 0 Å². The van der Waals surface area contributed by atoms with E-state index in [2.05, 4.69) is 26.3 Å². The summed E-state index contributed by atoms with van der Waals surface area (Å²) in [6.07, 6.45) is 1.66. The van der Waals surface area contributed by atoms with Crippen molar-refractivity contribution in [1.29, 1.82) is 5.26 Å². The number of allylic oxidation sites excluding steroid dienone is 1. The van der Waals surface area contributed by atoms with Crippen LogP contribution in [0.25, 0.3) is 22.7 Å². The molecule has 0 aliphatic carbocycles. The van der Waals surface area contributed by atoms with Crippen molar-refractivity contribution >= 4 is 45.7 Å². The summed E-state index contributed by atoms with van der Waals surface area (Å²) in [6.45, 7) is 5.30. The molecule has 0 atom stereocenters. The second-order valence-corrected chi connectivity index (χ2v) is 8.31. The number of H-pyrrole nitrogens is 1. The van der Waals surface area contributed by atoms with E-state index in [1.54, 1.807) is 12.1 Å². The largest absolute Gasteiger partial charge is 0.483 e. The molecule has 0 aliphatic rings. The third kappa shape index (κ3) is 5.96. The minimum Gasteiger partial charge on any atom is -0.483 e. The third-order valence-corrected chi connectivity index (χ3v) is 5.89. The molecule has 0 fully saturated rings. The number of aromatic nitrogens is 2. The van der Waals surface area contributed by atoms with Crippen molar-refractivity contribution < 1.29 is 14.5 Å². The van der Waals surface area contributed by atoms with Gasteiger partial charge in [-0.15, -0.1) is 0 Å². The van der Waals surface area contributed by atoms with E-state index in [0.717, 1.165) is 29.8 Å². The molecule has 10 nitrogen and oxygen atoms in total. The molecular formula is C28H26N6O4. The number of non-ortho nitro benzene ring substituents is 1. The number of nitrogens with one attached hydrogen (secondary N) is 2. The minimum atomic E-state index is -0.529. The first-order chi connectivity index (χ1) is 18.4. The smallest absolute Gasteiger partial charge is 0.271 e. The Kier molecular flexibility index (Phi) is 7.98. The highest BCUT2D eigenvalue weighted by molar-refractivity contribution is 5.93. The minimum absolute atomic E-state index is 0.127. The number of benzene rings is 3. The average Bonchev–Trinajstić information content (AvgIpc) is 3.36. The van der Waals surface area contributed by atoms with Gasteiger partial charge in [-0.1, -0.05) is 18.2 Å². The lowest BCUT2D eigenvalue weighted by Crippen LogP contribution is -2.22. The van der Waals surface area contributed by atoms with Crippen molar-refractivity contribution in [2.75, 3.05) is 29.9 Å². The van der Waals surface area contributed by atoms with Gasteiger partial charge in [0.1, 0.15) is 17.6 Å². The van der Waals surface area contributed by atoms with Crippen molar-refractivity contribution in [3.05, 3.63) is 88.2 Å². The Balaban J connectivity index is 1.62. The molecule has 0 unspecified atom stereocenters. The van der Waals surface area contributed by atoms with Crippen molar-refractivity contribution in [1.82, 2.24) is 9.97 Å². The van der Waals surface area contributed by atoms with Gasteiger partial charge in [0, 0.05) is 48.2 Å². The van der Waals surface area contributed by atoms with Crippen LogP contribution in [0.15, 0.2) is 66.7 Å². The number of imidazole rings is 1. The van der Waals surface area contributed by atoms with Crippen LogP contribution >= 0.6 is 0 Å². The second kappa shape index (κ2) is 11.7. The molecule has 38 heavy (non-hydrogen) atoms. The highest BCUT2D eigenvalue weighted by atomic mass is 16.6. The summed E-state index contributed by atoms with van der Waals surface area (Å²) in [5, 5.41) is 23.5. The number of hydrogen-bond donors (Lipinski definition) is 2. The Hall–Kier alpha value is -5.17. The van der Waals surface area contributed by atoms with E-state index in [9.17, 15) is 20.2 Å². The average molecular weight is 511 g/mol. The third-order valence-electron chi connectivity index (χ3n) is 5.89. The number of hydrogen-bond acceptors (Lipinski definition) is 7. The maximum absolute atomic E-state index is 12.6. The van der Waals surface area contributed by atoms with Gasteiger partial charge in [0.25, 0.3) is 11.6 Å². The number of nitro benzene ring substituents is 1. The maximum atomic E-state index is 12.6. The summed E-state index contributed by atoms with van der Waals surface area (Å²) in [5.74, 6) is 0.356. The predicted molar refractivity (Wildman–Crippen MR) is 147 cm³/mol. The Morgan fingerprint density at radius 2 is 1.95 bits per heavy atom. The van der Waals surface area contributed by atoms with Crippen LogP contribution in [-0.2, 0) is 4.79 Å². The molecule has 2 N–H and O–H groups in total. The van der Waals surface area contributed by atoms with Crippen LogP contribution in [0.1, 0.15) is 25.2 Å². The predicted octanol–water partition coefficient (Wildman–Crippen LogP) is 5.40. The monoisotopic (exact) mass is 510 g/mol. The topological polar surface area (TPSA) is 137 Å². The van der Waals surface area contributed by atoms with Gasteiger partial charge in [-0.2, -0.15) is 5.26 Å². The van der Waals surface area contributed by atoms with E-state index in [4.69, 9.17) is 4.74 Å². The molecule has 4 rings (SSSR count). The Morgan fingerprint density at radius 3 is 2.66 bits per heavy atom. The normalized spacial score (nSPS) is 11.1. The van der Waals surface area contributed by atoms with Gasteiger partial charge in [0.05, 0.1) is 21.5 Å². The maximum Gasteiger partial charge on any atom is 0.271 e. The van der Waals surface area contributed by atoms with Crippen molar-refractivity contribution in [3.8, 4) is 11.8 Å². The molecular weight excluding hydrogens is 484 g/mol. The zero-order valence-corrected chi connectivity index (χ0v) is 21.0. The van der Waals surface area contributed by atoms with Gasteiger partial charge in [-0.3, -0.25) is 14.9 Å². The van der Waals surface area contributed by atoms with Crippen molar-refractivity contribution in [3.63, 3.8) is 0 Å². The Morgan fingerprint density at radius 1 is 1.16 bits per heavy atom. The number of fused-ring (bicyclic) bond motifs is 1. The lowest BCUT2D eigenvalue weighted by molar-refractivity contribution is -0.384. The van der Waals surface area contributed by atoms with E-state index in [0.29, 0.717) is 28.4 Å². The number of nitrogens with zero attached hydrogens (tertiary/aromatic N) is 4. The lowest BCUT2D eigenvalue weighted by atomic mass is 10.1. The number of nitro groups is 1. The zero-order valence-electron chi connectivity index (χ0n) is 21.0.